The second-order valence-electron chi connectivity index (χ2n) is 6.21. The predicted octanol–water partition coefficient (Wildman–Crippen LogP) is 0.224. The number of hydrogen-bond donors (Lipinski definition) is 1. The SMILES string of the molecule is CCCN(CC(=O)N1CCN(C)CC1)CC1CCCN1. The smallest absolute Gasteiger partial charge is 0.236 e. The van der Waals surface area contributed by atoms with Gasteiger partial charge in [-0.2, -0.15) is 0 Å². The Morgan fingerprint density at radius 1 is 1.30 bits per heavy atom. The Bertz CT molecular complexity index is 296. The molecular formula is C15H30N4O. The fourth-order valence-corrected chi connectivity index (χ4v) is 3.12. The van der Waals surface area contributed by atoms with Gasteiger partial charge in [0.25, 0.3) is 0 Å². The van der Waals surface area contributed by atoms with E-state index in [1.54, 1.807) is 0 Å². The third-order valence-corrected chi connectivity index (χ3v) is 4.40. The molecule has 116 valence electrons. The van der Waals surface area contributed by atoms with E-state index in [9.17, 15) is 4.79 Å². The van der Waals surface area contributed by atoms with Gasteiger partial charge in [-0.05, 0) is 39.4 Å². The van der Waals surface area contributed by atoms with E-state index in [2.05, 4.69) is 29.1 Å². The number of likely N-dealkylation sites (N-methyl/N-ethyl adjacent to an activating group) is 1. The molecule has 0 aromatic carbocycles. The second-order valence-corrected chi connectivity index (χ2v) is 6.21. The van der Waals surface area contributed by atoms with Gasteiger partial charge in [0, 0.05) is 38.8 Å². The summed E-state index contributed by atoms with van der Waals surface area (Å²) in [5.74, 6) is 0.310. The molecule has 2 fully saturated rings. The van der Waals surface area contributed by atoms with Gasteiger partial charge in [-0.25, -0.2) is 0 Å². The van der Waals surface area contributed by atoms with Crippen LogP contribution in [0.5, 0.6) is 0 Å². The molecule has 5 heteroatoms. The van der Waals surface area contributed by atoms with Crippen LogP contribution in [0.15, 0.2) is 0 Å². The molecule has 2 aliphatic heterocycles. The summed E-state index contributed by atoms with van der Waals surface area (Å²) in [7, 11) is 2.12. The van der Waals surface area contributed by atoms with Gasteiger partial charge < -0.3 is 15.1 Å². The maximum Gasteiger partial charge on any atom is 0.236 e. The molecule has 0 bridgehead atoms. The van der Waals surface area contributed by atoms with E-state index in [1.165, 1.54) is 12.8 Å². The van der Waals surface area contributed by atoms with Crippen molar-refractivity contribution in [2.45, 2.75) is 32.2 Å². The minimum absolute atomic E-state index is 0.310. The predicted molar refractivity (Wildman–Crippen MR) is 81.8 cm³/mol. The van der Waals surface area contributed by atoms with E-state index in [4.69, 9.17) is 0 Å². The molecular weight excluding hydrogens is 252 g/mol. The quantitative estimate of drug-likeness (QED) is 0.757. The van der Waals surface area contributed by atoms with Crippen molar-refractivity contribution in [3.63, 3.8) is 0 Å². The molecule has 2 aliphatic rings. The van der Waals surface area contributed by atoms with Crippen molar-refractivity contribution in [2.75, 3.05) is 59.4 Å². The molecule has 20 heavy (non-hydrogen) atoms. The number of amides is 1. The van der Waals surface area contributed by atoms with Crippen molar-refractivity contribution in [1.82, 2.24) is 20.0 Å². The van der Waals surface area contributed by atoms with E-state index in [0.717, 1.165) is 52.2 Å². The van der Waals surface area contributed by atoms with E-state index in [1.807, 2.05) is 4.90 Å². The molecule has 0 radical (unpaired) electrons. The standard InChI is InChI=1S/C15H30N4O/c1-3-7-18(12-14-5-4-6-16-14)13-15(20)19-10-8-17(2)9-11-19/h14,16H,3-13H2,1-2H3. The minimum atomic E-state index is 0.310. The van der Waals surface area contributed by atoms with Gasteiger partial charge in [0.1, 0.15) is 0 Å². The summed E-state index contributed by atoms with van der Waals surface area (Å²) in [6.45, 7) is 9.74. The van der Waals surface area contributed by atoms with Gasteiger partial charge >= 0.3 is 0 Å². The van der Waals surface area contributed by atoms with Crippen molar-refractivity contribution in [2.24, 2.45) is 0 Å². The van der Waals surface area contributed by atoms with Crippen molar-refractivity contribution in [3.8, 4) is 0 Å². The number of piperazine rings is 1. The first-order valence-electron chi connectivity index (χ1n) is 8.11. The maximum absolute atomic E-state index is 12.4. The average molecular weight is 282 g/mol. The number of hydrogen-bond acceptors (Lipinski definition) is 4. The lowest BCUT2D eigenvalue weighted by Crippen LogP contribution is -2.51. The lowest BCUT2D eigenvalue weighted by atomic mass is 10.2. The van der Waals surface area contributed by atoms with Gasteiger partial charge in [0.15, 0.2) is 0 Å². The van der Waals surface area contributed by atoms with Gasteiger partial charge in [0.05, 0.1) is 6.54 Å². The molecule has 0 saturated carbocycles. The van der Waals surface area contributed by atoms with Crippen LogP contribution >= 0.6 is 0 Å². The van der Waals surface area contributed by atoms with Crippen molar-refractivity contribution in [3.05, 3.63) is 0 Å². The molecule has 0 spiro atoms. The zero-order chi connectivity index (χ0) is 14.4. The summed E-state index contributed by atoms with van der Waals surface area (Å²) in [4.78, 5) is 19.1. The molecule has 2 heterocycles. The van der Waals surface area contributed by atoms with Gasteiger partial charge in [0.2, 0.25) is 5.91 Å². The van der Waals surface area contributed by atoms with E-state index >= 15 is 0 Å². The largest absolute Gasteiger partial charge is 0.339 e. The summed E-state index contributed by atoms with van der Waals surface area (Å²) in [5.41, 5.74) is 0. The highest BCUT2D eigenvalue weighted by atomic mass is 16.2. The van der Waals surface area contributed by atoms with Crippen LogP contribution in [-0.2, 0) is 4.79 Å². The minimum Gasteiger partial charge on any atom is -0.339 e. The molecule has 1 amide bonds. The first-order chi connectivity index (χ1) is 9.69. The molecule has 2 rings (SSSR count). The summed E-state index contributed by atoms with van der Waals surface area (Å²) < 4.78 is 0. The molecule has 1 atom stereocenters. The van der Waals surface area contributed by atoms with Crippen LogP contribution in [0.2, 0.25) is 0 Å². The average Bonchev–Trinajstić information content (AvgIpc) is 2.92. The topological polar surface area (TPSA) is 38.8 Å². The van der Waals surface area contributed by atoms with Crippen molar-refractivity contribution >= 4 is 5.91 Å². The summed E-state index contributed by atoms with van der Waals surface area (Å²) in [5, 5.41) is 3.53. The number of nitrogens with one attached hydrogen (secondary N) is 1. The Morgan fingerprint density at radius 2 is 2.05 bits per heavy atom. The molecule has 1 N–H and O–H groups in total. The second kappa shape index (κ2) is 7.96. The molecule has 0 aromatic rings. The van der Waals surface area contributed by atoms with Crippen LogP contribution in [0, 0.1) is 0 Å². The van der Waals surface area contributed by atoms with Crippen molar-refractivity contribution in [1.29, 1.82) is 0 Å². The first kappa shape index (κ1) is 15.7. The Morgan fingerprint density at radius 3 is 2.65 bits per heavy atom. The molecule has 0 aromatic heterocycles. The Labute approximate surface area is 123 Å². The third-order valence-electron chi connectivity index (χ3n) is 4.40. The van der Waals surface area contributed by atoms with E-state index in [0.29, 0.717) is 18.5 Å². The van der Waals surface area contributed by atoms with E-state index < -0.39 is 0 Å². The molecule has 0 aliphatic carbocycles. The Kier molecular flexibility index (Phi) is 6.26. The fourth-order valence-electron chi connectivity index (χ4n) is 3.12. The van der Waals surface area contributed by atoms with Crippen LogP contribution in [0.1, 0.15) is 26.2 Å². The highest BCUT2D eigenvalue weighted by Gasteiger charge is 2.23. The molecule has 5 nitrogen and oxygen atoms in total. The number of carbonyl (C=O) groups is 1. The van der Waals surface area contributed by atoms with Gasteiger partial charge in [-0.3, -0.25) is 9.69 Å². The van der Waals surface area contributed by atoms with Crippen LogP contribution in [-0.4, -0.2) is 86.1 Å². The monoisotopic (exact) mass is 282 g/mol. The van der Waals surface area contributed by atoms with Gasteiger partial charge in [-0.1, -0.05) is 6.92 Å². The highest BCUT2D eigenvalue weighted by Crippen LogP contribution is 2.08. The van der Waals surface area contributed by atoms with E-state index in [-0.39, 0.29) is 0 Å². The Balaban J connectivity index is 1.78. The first-order valence-corrected chi connectivity index (χ1v) is 8.11. The van der Waals surface area contributed by atoms with Crippen LogP contribution in [0.3, 0.4) is 0 Å². The zero-order valence-corrected chi connectivity index (χ0v) is 13.1. The lowest BCUT2D eigenvalue weighted by Gasteiger charge is -2.34. The maximum atomic E-state index is 12.4. The molecule has 2 saturated heterocycles. The normalized spacial score (nSPS) is 24.6. The fraction of sp³-hybridized carbons (Fsp3) is 0.933. The number of nitrogens with zero attached hydrogens (tertiary/aromatic N) is 3. The lowest BCUT2D eigenvalue weighted by molar-refractivity contribution is -0.134. The Hall–Kier alpha value is -0.650. The number of rotatable bonds is 6. The summed E-state index contributed by atoms with van der Waals surface area (Å²) in [6.07, 6.45) is 3.64. The van der Waals surface area contributed by atoms with Crippen LogP contribution in [0.4, 0.5) is 0 Å². The zero-order valence-electron chi connectivity index (χ0n) is 13.1. The highest BCUT2D eigenvalue weighted by molar-refractivity contribution is 5.78. The summed E-state index contributed by atoms with van der Waals surface area (Å²) >= 11 is 0. The molecule has 1 unspecified atom stereocenters. The van der Waals surface area contributed by atoms with Gasteiger partial charge in [-0.15, -0.1) is 0 Å². The van der Waals surface area contributed by atoms with Crippen LogP contribution in [0.25, 0.3) is 0 Å². The number of carbonyl (C=O) groups excluding carboxylic acids is 1. The third kappa shape index (κ3) is 4.72. The summed E-state index contributed by atoms with van der Waals surface area (Å²) in [6, 6.07) is 0.585. The van der Waals surface area contributed by atoms with Crippen LogP contribution < -0.4 is 5.32 Å². The van der Waals surface area contributed by atoms with Crippen molar-refractivity contribution < 1.29 is 4.79 Å².